The first-order valence-corrected chi connectivity index (χ1v) is 14.2. The van der Waals surface area contributed by atoms with Crippen molar-refractivity contribution >= 4 is 64.1 Å². The number of benzene rings is 3. The minimum absolute atomic E-state index is 0.0576. The lowest BCUT2D eigenvalue weighted by molar-refractivity contribution is -0.137. The fraction of sp³-hybridized carbons (Fsp3) is 0.185. The molecule has 0 atom stereocenters. The number of hydrogen-bond acceptors (Lipinski definition) is 7. The molecule has 0 unspecified atom stereocenters. The standard InChI is InChI=1S/C27H21Cl3F3N5O4S/c1-41-21-8-3-14(9-22(21)42-2)25(40)34-12-23-36-37-26(38(23)16-5-7-17(28)19(30)11-16)43-13-24(39)35-20-10-15(27(31,32)33)4-6-18(20)29/h3-11H,12-13H2,1-2H3,(H,34,40)(H,35,39). The molecule has 16 heteroatoms. The molecule has 0 radical (unpaired) electrons. The molecular weight excluding hydrogens is 654 g/mol. The maximum absolute atomic E-state index is 13.1. The number of anilines is 1. The number of carbonyl (C=O) groups is 2. The third kappa shape index (κ3) is 7.85. The second-order valence-electron chi connectivity index (χ2n) is 8.61. The lowest BCUT2D eigenvalue weighted by Crippen LogP contribution is -2.24. The van der Waals surface area contributed by atoms with Gasteiger partial charge in [0.15, 0.2) is 22.5 Å². The van der Waals surface area contributed by atoms with Crippen molar-refractivity contribution in [3.05, 3.63) is 86.6 Å². The van der Waals surface area contributed by atoms with Crippen molar-refractivity contribution in [1.29, 1.82) is 0 Å². The van der Waals surface area contributed by atoms with Crippen LogP contribution in [0.2, 0.25) is 15.1 Å². The topological polar surface area (TPSA) is 107 Å². The van der Waals surface area contributed by atoms with Crippen LogP contribution >= 0.6 is 46.6 Å². The van der Waals surface area contributed by atoms with Crippen LogP contribution in [0.1, 0.15) is 21.7 Å². The van der Waals surface area contributed by atoms with Crippen molar-refractivity contribution in [3.63, 3.8) is 0 Å². The van der Waals surface area contributed by atoms with Crippen LogP contribution in [0.3, 0.4) is 0 Å². The number of aromatic nitrogens is 3. The normalized spacial score (nSPS) is 11.3. The molecule has 226 valence electrons. The second-order valence-corrected chi connectivity index (χ2v) is 10.8. The molecule has 0 saturated heterocycles. The first-order valence-electron chi connectivity index (χ1n) is 12.1. The van der Waals surface area contributed by atoms with Gasteiger partial charge in [-0.1, -0.05) is 46.6 Å². The number of rotatable bonds is 10. The second kappa shape index (κ2) is 13.8. The highest BCUT2D eigenvalue weighted by Gasteiger charge is 2.31. The Labute approximate surface area is 262 Å². The van der Waals surface area contributed by atoms with Crippen molar-refractivity contribution < 1.29 is 32.2 Å². The van der Waals surface area contributed by atoms with Gasteiger partial charge in [0, 0.05) is 5.56 Å². The molecule has 0 fully saturated rings. The summed E-state index contributed by atoms with van der Waals surface area (Å²) in [6.07, 6.45) is -4.61. The van der Waals surface area contributed by atoms with E-state index >= 15 is 0 Å². The van der Waals surface area contributed by atoms with Crippen LogP contribution in [0.4, 0.5) is 18.9 Å². The molecule has 0 aliphatic rings. The van der Waals surface area contributed by atoms with Crippen LogP contribution in [-0.2, 0) is 17.5 Å². The fourth-order valence-corrected chi connectivity index (χ4v) is 4.97. The van der Waals surface area contributed by atoms with Crippen LogP contribution < -0.4 is 20.1 Å². The van der Waals surface area contributed by atoms with Gasteiger partial charge in [-0.15, -0.1) is 10.2 Å². The van der Waals surface area contributed by atoms with E-state index in [1.165, 1.54) is 20.3 Å². The molecule has 2 amide bonds. The highest BCUT2D eigenvalue weighted by atomic mass is 35.5. The Kier molecular flexibility index (Phi) is 10.3. The van der Waals surface area contributed by atoms with Gasteiger partial charge >= 0.3 is 6.18 Å². The quantitative estimate of drug-likeness (QED) is 0.176. The smallest absolute Gasteiger partial charge is 0.416 e. The van der Waals surface area contributed by atoms with E-state index in [4.69, 9.17) is 44.3 Å². The van der Waals surface area contributed by atoms with Gasteiger partial charge in [0.05, 0.1) is 58.5 Å². The number of nitrogens with one attached hydrogen (secondary N) is 2. The molecule has 0 aliphatic carbocycles. The molecular formula is C27H21Cl3F3N5O4S. The van der Waals surface area contributed by atoms with Crippen LogP contribution in [0.25, 0.3) is 5.69 Å². The van der Waals surface area contributed by atoms with Gasteiger partial charge in [-0.05, 0) is 54.6 Å². The Morgan fingerprint density at radius 3 is 2.30 bits per heavy atom. The largest absolute Gasteiger partial charge is 0.493 e. The zero-order valence-corrected chi connectivity index (χ0v) is 25.3. The molecule has 0 bridgehead atoms. The minimum Gasteiger partial charge on any atom is -0.493 e. The third-order valence-corrected chi connectivity index (χ3v) is 7.81. The first-order chi connectivity index (χ1) is 20.4. The lowest BCUT2D eigenvalue weighted by atomic mass is 10.2. The molecule has 0 aliphatic heterocycles. The highest BCUT2D eigenvalue weighted by molar-refractivity contribution is 7.99. The number of thioether (sulfide) groups is 1. The molecule has 1 aromatic heterocycles. The molecule has 4 rings (SSSR count). The number of hydrogen-bond donors (Lipinski definition) is 2. The van der Waals surface area contributed by atoms with Crippen molar-refractivity contribution in [2.45, 2.75) is 17.9 Å². The van der Waals surface area contributed by atoms with Crippen molar-refractivity contribution in [1.82, 2.24) is 20.1 Å². The van der Waals surface area contributed by atoms with E-state index in [2.05, 4.69) is 20.8 Å². The Balaban J connectivity index is 1.54. The Bertz CT molecular complexity index is 1670. The van der Waals surface area contributed by atoms with Gasteiger partial charge in [-0.3, -0.25) is 14.2 Å². The summed E-state index contributed by atoms with van der Waals surface area (Å²) in [5.41, 5.74) is -0.359. The summed E-state index contributed by atoms with van der Waals surface area (Å²) in [5, 5.41) is 14.2. The van der Waals surface area contributed by atoms with Crippen LogP contribution in [0.5, 0.6) is 11.5 Å². The molecule has 2 N–H and O–H groups in total. The van der Waals surface area contributed by atoms with E-state index in [0.29, 0.717) is 27.8 Å². The lowest BCUT2D eigenvalue weighted by Gasteiger charge is -2.13. The van der Waals surface area contributed by atoms with Crippen LogP contribution in [0.15, 0.2) is 59.8 Å². The van der Waals surface area contributed by atoms with Gasteiger partial charge in [-0.25, -0.2) is 0 Å². The Morgan fingerprint density at radius 1 is 0.907 bits per heavy atom. The highest BCUT2D eigenvalue weighted by Crippen LogP contribution is 2.34. The molecule has 3 aromatic carbocycles. The number of methoxy groups -OCH3 is 2. The van der Waals surface area contributed by atoms with Crippen molar-refractivity contribution in [2.75, 3.05) is 25.3 Å². The predicted molar refractivity (Wildman–Crippen MR) is 158 cm³/mol. The van der Waals surface area contributed by atoms with E-state index in [9.17, 15) is 22.8 Å². The minimum atomic E-state index is -4.61. The fourth-order valence-electron chi connectivity index (χ4n) is 3.74. The molecule has 1 heterocycles. The number of halogens is 6. The van der Waals surface area contributed by atoms with E-state index in [-0.39, 0.29) is 39.0 Å². The summed E-state index contributed by atoms with van der Waals surface area (Å²) in [7, 11) is 2.93. The summed E-state index contributed by atoms with van der Waals surface area (Å²) < 4.78 is 51.3. The number of alkyl halides is 3. The molecule has 9 nitrogen and oxygen atoms in total. The van der Waals surface area contributed by atoms with Crippen molar-refractivity contribution in [2.24, 2.45) is 0 Å². The number of carbonyl (C=O) groups excluding carboxylic acids is 2. The van der Waals surface area contributed by atoms with Gasteiger partial charge in [-0.2, -0.15) is 13.2 Å². The van der Waals surface area contributed by atoms with Crippen LogP contribution in [0, 0.1) is 0 Å². The zero-order valence-electron chi connectivity index (χ0n) is 22.3. The SMILES string of the molecule is COc1ccc(C(=O)NCc2nnc(SCC(=O)Nc3cc(C(F)(F)F)ccc3Cl)n2-c2ccc(Cl)c(Cl)c2)cc1OC. The zero-order chi connectivity index (χ0) is 31.3. The Morgan fingerprint density at radius 2 is 1.63 bits per heavy atom. The first kappa shape index (κ1) is 32.3. The Hall–Kier alpha value is -3.65. The van der Waals surface area contributed by atoms with Gasteiger partial charge in [0.2, 0.25) is 5.91 Å². The summed E-state index contributed by atoms with van der Waals surface area (Å²) >= 11 is 19.3. The number of nitrogens with zero attached hydrogens (tertiary/aromatic N) is 3. The maximum Gasteiger partial charge on any atom is 0.416 e. The molecule has 43 heavy (non-hydrogen) atoms. The number of amides is 2. The van der Waals surface area contributed by atoms with E-state index in [1.807, 2.05) is 0 Å². The molecule has 4 aromatic rings. The van der Waals surface area contributed by atoms with E-state index in [0.717, 1.165) is 30.0 Å². The summed E-state index contributed by atoms with van der Waals surface area (Å²) in [4.78, 5) is 25.6. The average molecular weight is 675 g/mol. The van der Waals surface area contributed by atoms with Crippen LogP contribution in [-0.4, -0.2) is 46.6 Å². The third-order valence-electron chi connectivity index (χ3n) is 5.81. The van der Waals surface area contributed by atoms with Crippen molar-refractivity contribution in [3.8, 4) is 17.2 Å². The average Bonchev–Trinajstić information content (AvgIpc) is 3.39. The van der Waals surface area contributed by atoms with Gasteiger partial charge < -0.3 is 20.1 Å². The number of ether oxygens (including phenoxy) is 2. The summed E-state index contributed by atoms with van der Waals surface area (Å²) in [5.74, 6) is -0.216. The van der Waals surface area contributed by atoms with Gasteiger partial charge in [0.25, 0.3) is 5.91 Å². The predicted octanol–water partition coefficient (Wildman–Crippen LogP) is 6.92. The summed E-state index contributed by atoms with van der Waals surface area (Å²) in [6, 6.07) is 12.1. The van der Waals surface area contributed by atoms with E-state index in [1.54, 1.807) is 34.9 Å². The molecule has 0 saturated carbocycles. The summed E-state index contributed by atoms with van der Waals surface area (Å²) in [6.45, 7) is -0.0764. The van der Waals surface area contributed by atoms with E-state index < -0.39 is 23.6 Å². The monoisotopic (exact) mass is 673 g/mol. The maximum atomic E-state index is 13.1. The molecule has 0 spiro atoms. The van der Waals surface area contributed by atoms with Gasteiger partial charge in [0.1, 0.15) is 0 Å².